The Balaban J connectivity index is 1.43. The zero-order valence-electron chi connectivity index (χ0n) is 17.2. The fourth-order valence-electron chi connectivity index (χ4n) is 5.12. The summed E-state index contributed by atoms with van der Waals surface area (Å²) in [4.78, 5) is 35.0. The molecule has 8 nitrogen and oxygen atoms in total. The summed E-state index contributed by atoms with van der Waals surface area (Å²) in [5, 5.41) is 2.64. The average Bonchev–Trinajstić information content (AvgIpc) is 3.13. The maximum absolute atomic E-state index is 12.5. The van der Waals surface area contributed by atoms with Gasteiger partial charge < -0.3 is 19.7 Å². The first kappa shape index (κ1) is 19.4. The summed E-state index contributed by atoms with van der Waals surface area (Å²) < 4.78 is 2.34. The van der Waals surface area contributed by atoms with Gasteiger partial charge in [0.1, 0.15) is 5.82 Å². The third-order valence-electron chi connectivity index (χ3n) is 6.36. The SMILES string of the molecule is CC(=O)NCC(=O)N1C[C@@H]2CN(Cc3nccn3C3CC3)C[C@]2(CN(C)C)C1. The van der Waals surface area contributed by atoms with Crippen molar-refractivity contribution in [2.75, 3.05) is 53.4 Å². The van der Waals surface area contributed by atoms with Crippen LogP contribution in [0.1, 0.15) is 31.6 Å². The van der Waals surface area contributed by atoms with Gasteiger partial charge in [0.25, 0.3) is 0 Å². The van der Waals surface area contributed by atoms with Gasteiger partial charge in [-0.05, 0) is 32.9 Å². The molecule has 2 atom stereocenters. The zero-order valence-corrected chi connectivity index (χ0v) is 17.2. The zero-order chi connectivity index (χ0) is 19.9. The van der Waals surface area contributed by atoms with Crippen molar-refractivity contribution in [2.24, 2.45) is 11.3 Å². The minimum atomic E-state index is -0.159. The van der Waals surface area contributed by atoms with Gasteiger partial charge in [-0.15, -0.1) is 0 Å². The maximum Gasteiger partial charge on any atom is 0.241 e. The van der Waals surface area contributed by atoms with Crippen molar-refractivity contribution in [3.8, 4) is 0 Å². The lowest BCUT2D eigenvalue weighted by molar-refractivity contribution is -0.132. The van der Waals surface area contributed by atoms with E-state index in [4.69, 9.17) is 0 Å². The quantitative estimate of drug-likeness (QED) is 0.721. The Bertz CT molecular complexity index is 743. The summed E-state index contributed by atoms with van der Waals surface area (Å²) in [6, 6.07) is 0.650. The summed E-state index contributed by atoms with van der Waals surface area (Å²) in [5.41, 5.74) is 0.0897. The van der Waals surface area contributed by atoms with Crippen LogP contribution >= 0.6 is 0 Å². The minimum Gasteiger partial charge on any atom is -0.347 e. The molecule has 2 saturated heterocycles. The molecule has 154 valence electrons. The third-order valence-corrected chi connectivity index (χ3v) is 6.36. The van der Waals surface area contributed by atoms with E-state index in [1.807, 2.05) is 11.1 Å². The third kappa shape index (κ3) is 3.93. The molecule has 3 aliphatic rings. The van der Waals surface area contributed by atoms with Crippen LogP contribution in [-0.4, -0.2) is 89.4 Å². The highest BCUT2D eigenvalue weighted by Gasteiger charge is 2.53. The molecule has 28 heavy (non-hydrogen) atoms. The Morgan fingerprint density at radius 3 is 2.75 bits per heavy atom. The van der Waals surface area contributed by atoms with E-state index >= 15 is 0 Å². The molecule has 0 unspecified atom stereocenters. The minimum absolute atomic E-state index is 0.0264. The number of aromatic nitrogens is 2. The van der Waals surface area contributed by atoms with Crippen molar-refractivity contribution in [2.45, 2.75) is 32.4 Å². The summed E-state index contributed by atoms with van der Waals surface area (Å²) in [7, 11) is 4.21. The standard InChI is InChI=1S/C20H32N6O2/c1-15(27)22-8-19(28)25-10-16-9-24(13-20(16,14-25)12-23(2)3)11-18-21-6-7-26(18)17-4-5-17/h6-7,16-17H,4-5,8-14H2,1-3H3,(H,22,27)/t16-,20+/m0/s1. The van der Waals surface area contributed by atoms with Gasteiger partial charge in [0.05, 0.1) is 13.1 Å². The summed E-state index contributed by atoms with van der Waals surface area (Å²) in [6.45, 7) is 6.92. The number of hydrogen-bond donors (Lipinski definition) is 1. The topological polar surface area (TPSA) is 73.7 Å². The van der Waals surface area contributed by atoms with Crippen LogP contribution < -0.4 is 5.32 Å². The van der Waals surface area contributed by atoms with Gasteiger partial charge in [-0.1, -0.05) is 0 Å². The number of rotatable bonds is 7. The molecule has 1 N–H and O–H groups in total. The molecule has 3 heterocycles. The van der Waals surface area contributed by atoms with E-state index < -0.39 is 0 Å². The highest BCUT2D eigenvalue weighted by molar-refractivity contribution is 5.84. The van der Waals surface area contributed by atoms with Crippen molar-refractivity contribution in [1.82, 2.24) is 29.6 Å². The van der Waals surface area contributed by atoms with Gasteiger partial charge in [-0.25, -0.2) is 4.98 Å². The van der Waals surface area contributed by atoms with Crippen LogP contribution in [0.4, 0.5) is 0 Å². The summed E-state index contributed by atoms with van der Waals surface area (Å²) in [6.07, 6.45) is 6.56. The number of fused-ring (bicyclic) bond motifs is 1. The van der Waals surface area contributed by atoms with Crippen molar-refractivity contribution in [1.29, 1.82) is 0 Å². The molecule has 0 spiro atoms. The average molecular weight is 389 g/mol. The lowest BCUT2D eigenvalue weighted by Crippen LogP contribution is -2.44. The molecule has 4 rings (SSSR count). The highest BCUT2D eigenvalue weighted by atomic mass is 16.2. The lowest BCUT2D eigenvalue weighted by Gasteiger charge is -2.32. The molecule has 0 bridgehead atoms. The number of hydrogen-bond acceptors (Lipinski definition) is 5. The number of nitrogens with one attached hydrogen (secondary N) is 1. The molecule has 2 amide bonds. The first-order chi connectivity index (χ1) is 13.4. The smallest absolute Gasteiger partial charge is 0.241 e. The van der Waals surface area contributed by atoms with E-state index in [-0.39, 0.29) is 23.8 Å². The van der Waals surface area contributed by atoms with E-state index in [0.29, 0.717) is 12.0 Å². The first-order valence-corrected chi connectivity index (χ1v) is 10.3. The number of carbonyl (C=O) groups is 2. The summed E-state index contributed by atoms with van der Waals surface area (Å²) >= 11 is 0. The van der Waals surface area contributed by atoms with Crippen LogP contribution in [0.3, 0.4) is 0 Å². The molecule has 3 fully saturated rings. The first-order valence-electron chi connectivity index (χ1n) is 10.3. The second kappa shape index (κ2) is 7.48. The molecule has 1 saturated carbocycles. The van der Waals surface area contributed by atoms with Gasteiger partial charge in [-0.3, -0.25) is 14.5 Å². The normalized spacial score (nSPS) is 27.4. The predicted molar refractivity (Wildman–Crippen MR) is 106 cm³/mol. The predicted octanol–water partition coefficient (Wildman–Crippen LogP) is 0.176. The van der Waals surface area contributed by atoms with Gasteiger partial charge in [0.15, 0.2) is 0 Å². The van der Waals surface area contributed by atoms with Crippen LogP contribution in [-0.2, 0) is 16.1 Å². The van der Waals surface area contributed by atoms with Crippen LogP contribution in [0.15, 0.2) is 12.4 Å². The Hall–Kier alpha value is -1.93. The number of likely N-dealkylation sites (tertiary alicyclic amines) is 2. The molecular weight excluding hydrogens is 356 g/mol. The van der Waals surface area contributed by atoms with Crippen LogP contribution in [0.5, 0.6) is 0 Å². The fraction of sp³-hybridized carbons (Fsp3) is 0.750. The molecule has 0 aromatic carbocycles. The fourth-order valence-corrected chi connectivity index (χ4v) is 5.12. The van der Waals surface area contributed by atoms with Crippen LogP contribution in [0, 0.1) is 11.3 Å². The Kier molecular flexibility index (Phi) is 5.18. The highest BCUT2D eigenvalue weighted by Crippen LogP contribution is 2.43. The maximum atomic E-state index is 12.5. The van der Waals surface area contributed by atoms with E-state index in [9.17, 15) is 9.59 Å². The van der Waals surface area contributed by atoms with Gasteiger partial charge in [0.2, 0.25) is 11.8 Å². The van der Waals surface area contributed by atoms with E-state index in [1.54, 1.807) is 0 Å². The number of nitrogens with zero attached hydrogens (tertiary/aromatic N) is 5. The summed E-state index contributed by atoms with van der Waals surface area (Å²) in [5.74, 6) is 1.49. The molecule has 1 aromatic rings. The van der Waals surface area contributed by atoms with Gasteiger partial charge in [-0.2, -0.15) is 0 Å². The molecule has 2 aliphatic heterocycles. The van der Waals surface area contributed by atoms with Crippen molar-refractivity contribution >= 4 is 11.8 Å². The molecule has 1 aromatic heterocycles. The molecule has 8 heteroatoms. The Morgan fingerprint density at radius 2 is 2.07 bits per heavy atom. The van der Waals surface area contributed by atoms with Crippen LogP contribution in [0.25, 0.3) is 0 Å². The van der Waals surface area contributed by atoms with Gasteiger partial charge in [0, 0.05) is 63.5 Å². The van der Waals surface area contributed by atoms with Crippen LogP contribution in [0.2, 0.25) is 0 Å². The van der Waals surface area contributed by atoms with Crippen molar-refractivity contribution < 1.29 is 9.59 Å². The molecular formula is C20H32N6O2. The second-order valence-corrected chi connectivity index (χ2v) is 9.13. The monoisotopic (exact) mass is 388 g/mol. The van der Waals surface area contributed by atoms with Gasteiger partial charge >= 0.3 is 0 Å². The largest absolute Gasteiger partial charge is 0.347 e. The number of carbonyl (C=O) groups excluding carboxylic acids is 2. The van der Waals surface area contributed by atoms with E-state index in [1.165, 1.54) is 25.6 Å². The van der Waals surface area contributed by atoms with Crippen molar-refractivity contribution in [3.63, 3.8) is 0 Å². The second-order valence-electron chi connectivity index (χ2n) is 9.13. The molecule has 0 radical (unpaired) electrons. The molecule has 1 aliphatic carbocycles. The number of imidazole rings is 1. The van der Waals surface area contributed by atoms with E-state index in [2.05, 4.69) is 45.0 Å². The van der Waals surface area contributed by atoms with E-state index in [0.717, 1.165) is 39.3 Å². The lowest BCUT2D eigenvalue weighted by atomic mass is 9.80. The number of amides is 2. The Labute approximate surface area is 166 Å². The van der Waals surface area contributed by atoms with Crippen molar-refractivity contribution in [3.05, 3.63) is 18.2 Å². The Morgan fingerprint density at radius 1 is 1.29 bits per heavy atom.